The second-order valence-electron chi connectivity index (χ2n) is 5.73. The predicted molar refractivity (Wildman–Crippen MR) is 114 cm³/mol. The fourth-order valence-corrected chi connectivity index (χ4v) is 2.54. The molecule has 0 atom stereocenters. The zero-order chi connectivity index (χ0) is 18.8. The zero-order valence-electron chi connectivity index (χ0n) is 16.0. The first-order chi connectivity index (χ1) is 12.7. The smallest absolute Gasteiger partial charge is 0.0892 e. The Kier molecular flexibility index (Phi) is 7.50. The molecule has 2 nitrogen and oxygen atoms in total. The molecule has 0 saturated carbocycles. The van der Waals surface area contributed by atoms with Gasteiger partial charge in [0.2, 0.25) is 0 Å². The highest BCUT2D eigenvalue weighted by Gasteiger charge is 2.02. The molecule has 0 fully saturated rings. The first kappa shape index (κ1) is 19.3. The summed E-state index contributed by atoms with van der Waals surface area (Å²) >= 11 is 0. The van der Waals surface area contributed by atoms with Crippen LogP contribution in [0, 0.1) is 0 Å². The molecule has 2 aromatic rings. The van der Waals surface area contributed by atoms with Crippen LogP contribution in [0.1, 0.15) is 33.3 Å². The van der Waals surface area contributed by atoms with E-state index in [0.717, 1.165) is 22.0 Å². The summed E-state index contributed by atoms with van der Waals surface area (Å²) in [7, 11) is 0. The van der Waals surface area contributed by atoms with Gasteiger partial charge in [-0.25, -0.2) is 4.98 Å². The van der Waals surface area contributed by atoms with Crippen LogP contribution < -0.4 is 10.7 Å². The normalized spacial score (nSPS) is 14.4. The third-order valence-corrected chi connectivity index (χ3v) is 3.88. The summed E-state index contributed by atoms with van der Waals surface area (Å²) in [5.74, 6) is 0. The van der Waals surface area contributed by atoms with Gasteiger partial charge in [0.15, 0.2) is 0 Å². The van der Waals surface area contributed by atoms with Crippen LogP contribution in [0.25, 0.3) is 29.0 Å². The third-order valence-electron chi connectivity index (χ3n) is 3.88. The van der Waals surface area contributed by atoms with Crippen LogP contribution >= 0.6 is 0 Å². The molecule has 1 aromatic heterocycles. The predicted octanol–water partition coefficient (Wildman–Crippen LogP) is 4.84. The standard InChI is InChI=1S/C24H26N2/c1-5-9-12-19(11-7-3)20-14-16-21(17-15-20)24-18-25-23(13-10-6-2)22(8-4)26-24/h5-18H,1-4H3/b9-5-,10-6-,11-7-,19-12+,22-8+,23-13+. The summed E-state index contributed by atoms with van der Waals surface area (Å²) in [4.78, 5) is 9.31. The second kappa shape index (κ2) is 10.1. The van der Waals surface area contributed by atoms with Crippen molar-refractivity contribution in [2.75, 3.05) is 0 Å². The van der Waals surface area contributed by atoms with Gasteiger partial charge in [-0.2, -0.15) is 0 Å². The molecule has 0 spiro atoms. The largest absolute Gasteiger partial charge is 0.252 e. The minimum Gasteiger partial charge on any atom is -0.252 e. The van der Waals surface area contributed by atoms with E-state index >= 15 is 0 Å². The van der Waals surface area contributed by atoms with Gasteiger partial charge in [-0.05, 0) is 44.9 Å². The van der Waals surface area contributed by atoms with E-state index in [9.17, 15) is 0 Å². The minimum atomic E-state index is 0.882. The summed E-state index contributed by atoms with van der Waals surface area (Å²) in [5, 5.41) is 1.78. The lowest BCUT2D eigenvalue weighted by molar-refractivity contribution is 1.10. The number of benzene rings is 1. The average molecular weight is 342 g/mol. The number of hydrogen-bond acceptors (Lipinski definition) is 2. The molecular weight excluding hydrogens is 316 g/mol. The summed E-state index contributed by atoms with van der Waals surface area (Å²) in [6.45, 7) is 8.02. The molecule has 0 radical (unpaired) electrons. The molecule has 2 heteroatoms. The van der Waals surface area contributed by atoms with Crippen molar-refractivity contribution in [3.63, 3.8) is 0 Å². The molecule has 132 valence electrons. The third kappa shape index (κ3) is 5.00. The lowest BCUT2D eigenvalue weighted by Gasteiger charge is -2.05. The number of rotatable bonds is 5. The van der Waals surface area contributed by atoms with Crippen LogP contribution in [-0.4, -0.2) is 9.97 Å². The average Bonchev–Trinajstić information content (AvgIpc) is 2.69. The maximum absolute atomic E-state index is 4.75. The fourth-order valence-electron chi connectivity index (χ4n) is 2.54. The van der Waals surface area contributed by atoms with E-state index in [2.05, 4.69) is 53.6 Å². The van der Waals surface area contributed by atoms with E-state index < -0.39 is 0 Å². The van der Waals surface area contributed by atoms with Gasteiger partial charge in [-0.3, -0.25) is 4.98 Å². The highest BCUT2D eigenvalue weighted by Crippen LogP contribution is 2.21. The molecular formula is C24H26N2. The van der Waals surface area contributed by atoms with Crippen molar-refractivity contribution in [2.45, 2.75) is 27.7 Å². The molecule has 1 aromatic carbocycles. The Morgan fingerprint density at radius 3 is 2.19 bits per heavy atom. The maximum Gasteiger partial charge on any atom is 0.0892 e. The molecule has 1 heterocycles. The van der Waals surface area contributed by atoms with Crippen molar-refractivity contribution in [2.24, 2.45) is 0 Å². The number of allylic oxidation sites excluding steroid dienone is 8. The lowest BCUT2D eigenvalue weighted by Crippen LogP contribution is -2.31. The molecule has 2 rings (SSSR count). The highest BCUT2D eigenvalue weighted by atomic mass is 14.8. The Balaban J connectivity index is 2.42. The van der Waals surface area contributed by atoms with Crippen molar-refractivity contribution >= 4 is 17.7 Å². The van der Waals surface area contributed by atoms with Crippen LogP contribution in [0.3, 0.4) is 0 Å². The van der Waals surface area contributed by atoms with Gasteiger partial charge in [-0.15, -0.1) is 0 Å². The van der Waals surface area contributed by atoms with Gasteiger partial charge < -0.3 is 0 Å². The Morgan fingerprint density at radius 1 is 0.846 bits per heavy atom. The first-order valence-electron chi connectivity index (χ1n) is 8.92. The van der Waals surface area contributed by atoms with Crippen molar-refractivity contribution in [1.82, 2.24) is 9.97 Å². The van der Waals surface area contributed by atoms with Crippen LogP contribution in [0.4, 0.5) is 0 Å². The van der Waals surface area contributed by atoms with E-state index in [1.165, 1.54) is 11.1 Å². The van der Waals surface area contributed by atoms with Crippen LogP contribution in [0.5, 0.6) is 0 Å². The molecule has 0 aliphatic rings. The second-order valence-corrected chi connectivity index (χ2v) is 5.73. The Hall–Kier alpha value is -3.00. The van der Waals surface area contributed by atoms with Crippen molar-refractivity contribution in [3.05, 3.63) is 89.3 Å². The maximum atomic E-state index is 4.75. The zero-order valence-corrected chi connectivity index (χ0v) is 16.0. The first-order valence-corrected chi connectivity index (χ1v) is 8.92. The topological polar surface area (TPSA) is 25.8 Å². The van der Waals surface area contributed by atoms with Gasteiger partial charge in [0.25, 0.3) is 0 Å². The van der Waals surface area contributed by atoms with Crippen LogP contribution in [-0.2, 0) is 0 Å². The fraction of sp³-hybridized carbons (Fsp3) is 0.167. The molecule has 0 N–H and O–H groups in total. The number of nitrogens with zero attached hydrogens (tertiary/aromatic N) is 2. The van der Waals surface area contributed by atoms with Crippen molar-refractivity contribution in [3.8, 4) is 11.3 Å². The quantitative estimate of drug-likeness (QED) is 0.727. The van der Waals surface area contributed by atoms with Gasteiger partial charge in [0.1, 0.15) is 0 Å². The lowest BCUT2D eigenvalue weighted by atomic mass is 10.0. The molecule has 26 heavy (non-hydrogen) atoms. The van der Waals surface area contributed by atoms with E-state index in [1.807, 2.05) is 64.3 Å². The van der Waals surface area contributed by atoms with E-state index in [1.54, 1.807) is 0 Å². The van der Waals surface area contributed by atoms with Gasteiger partial charge in [0, 0.05) is 5.56 Å². The number of hydrogen-bond donors (Lipinski definition) is 0. The van der Waals surface area contributed by atoms with Crippen molar-refractivity contribution < 1.29 is 0 Å². The van der Waals surface area contributed by atoms with Crippen LogP contribution in [0.2, 0.25) is 0 Å². The van der Waals surface area contributed by atoms with Gasteiger partial charge in [0.05, 0.1) is 22.6 Å². The molecule has 0 saturated heterocycles. The van der Waals surface area contributed by atoms with E-state index in [0.29, 0.717) is 0 Å². The molecule has 0 aliphatic carbocycles. The Bertz CT molecular complexity index is 956. The summed E-state index contributed by atoms with van der Waals surface area (Å²) in [5.41, 5.74) is 4.31. The van der Waals surface area contributed by atoms with E-state index in [4.69, 9.17) is 4.98 Å². The molecule has 0 unspecified atom stereocenters. The number of aromatic nitrogens is 2. The summed E-state index contributed by atoms with van der Waals surface area (Å²) < 4.78 is 0. The Labute approximate surface area is 156 Å². The summed E-state index contributed by atoms with van der Waals surface area (Å²) in [6.07, 6.45) is 20.1. The minimum absolute atomic E-state index is 0.882. The monoisotopic (exact) mass is 342 g/mol. The molecule has 0 aliphatic heterocycles. The van der Waals surface area contributed by atoms with Crippen molar-refractivity contribution in [1.29, 1.82) is 0 Å². The molecule has 0 bridgehead atoms. The molecule has 0 amide bonds. The highest BCUT2D eigenvalue weighted by molar-refractivity contribution is 5.76. The van der Waals surface area contributed by atoms with E-state index in [-0.39, 0.29) is 0 Å². The Morgan fingerprint density at radius 2 is 1.58 bits per heavy atom. The van der Waals surface area contributed by atoms with Crippen LogP contribution in [0.15, 0.2) is 73.0 Å². The van der Waals surface area contributed by atoms with Gasteiger partial charge in [-0.1, -0.05) is 72.9 Å². The van der Waals surface area contributed by atoms with Gasteiger partial charge >= 0.3 is 0 Å². The SMILES string of the molecule is C\C=C/C=C(\C=C/C)c1ccc(-c2cnc(=C/C=C\C)/c(=C\C)n2)cc1. The summed E-state index contributed by atoms with van der Waals surface area (Å²) in [6, 6.07) is 8.45.